The zero-order valence-corrected chi connectivity index (χ0v) is 12.6. The van der Waals surface area contributed by atoms with Gasteiger partial charge in [-0.25, -0.2) is 0 Å². The fourth-order valence-electron chi connectivity index (χ4n) is 2.67. The summed E-state index contributed by atoms with van der Waals surface area (Å²) in [7, 11) is 1.71. The molecule has 1 aromatic carbocycles. The monoisotopic (exact) mass is 272 g/mol. The van der Waals surface area contributed by atoms with Crippen LogP contribution >= 0.6 is 0 Å². The van der Waals surface area contributed by atoms with Crippen LogP contribution in [0.3, 0.4) is 0 Å². The number of methoxy groups -OCH3 is 1. The zero-order valence-electron chi connectivity index (χ0n) is 12.6. The average Bonchev–Trinajstić information content (AvgIpc) is 2.52. The quantitative estimate of drug-likeness (QED) is 0.690. The number of nitrogens with zero attached hydrogens (tertiary/aromatic N) is 1. The molecule has 0 bridgehead atoms. The van der Waals surface area contributed by atoms with Crippen molar-refractivity contribution in [3.05, 3.63) is 42.8 Å². The van der Waals surface area contributed by atoms with E-state index in [1.807, 2.05) is 12.1 Å². The van der Waals surface area contributed by atoms with E-state index in [2.05, 4.69) is 30.0 Å². The Hall–Kier alpha value is -1.28. The van der Waals surface area contributed by atoms with Crippen molar-refractivity contribution in [1.82, 2.24) is 4.90 Å². The molecule has 0 amide bonds. The third kappa shape index (κ3) is 4.38. The van der Waals surface area contributed by atoms with Crippen LogP contribution < -0.4 is 4.74 Å². The molecule has 2 nitrogen and oxygen atoms in total. The summed E-state index contributed by atoms with van der Waals surface area (Å²) in [5.41, 5.74) is 2.81. The van der Waals surface area contributed by atoms with Gasteiger partial charge >= 0.3 is 0 Å². The predicted octanol–water partition coefficient (Wildman–Crippen LogP) is 4.18. The van der Waals surface area contributed by atoms with E-state index in [0.29, 0.717) is 0 Å². The highest BCUT2D eigenvalue weighted by Gasteiger charge is 2.12. The second-order valence-corrected chi connectivity index (χ2v) is 5.42. The van der Waals surface area contributed by atoms with E-state index in [-0.39, 0.29) is 0 Å². The molecule has 109 valence electrons. The van der Waals surface area contributed by atoms with Crippen molar-refractivity contribution in [1.29, 1.82) is 0 Å². The lowest BCUT2D eigenvalue weighted by molar-refractivity contribution is 0.294. The molecule has 1 aliphatic rings. The maximum atomic E-state index is 5.21. The van der Waals surface area contributed by atoms with Crippen LogP contribution in [0.2, 0.25) is 0 Å². The van der Waals surface area contributed by atoms with Crippen molar-refractivity contribution in [3.8, 4) is 5.75 Å². The van der Waals surface area contributed by atoms with Crippen LogP contribution in [0.4, 0.5) is 0 Å². The number of hydrogen-bond donors (Lipinski definition) is 0. The van der Waals surface area contributed by atoms with Gasteiger partial charge in [-0.15, -0.1) is 0 Å². The van der Waals surface area contributed by atoms with E-state index < -0.39 is 0 Å². The van der Waals surface area contributed by atoms with Crippen LogP contribution in [-0.2, 0) is 0 Å². The second kappa shape index (κ2) is 8.11. The highest BCUT2D eigenvalue weighted by atomic mass is 16.5. The molecule has 0 fully saturated rings. The molecule has 2 heteroatoms. The summed E-state index contributed by atoms with van der Waals surface area (Å²) >= 11 is 0. The Kier molecular flexibility index (Phi) is 6.13. The number of unbranched alkanes of at least 4 members (excludes halogenated alkanes) is 3. The second-order valence-electron chi connectivity index (χ2n) is 5.42. The van der Waals surface area contributed by atoms with Crippen LogP contribution in [0.1, 0.15) is 37.7 Å². The van der Waals surface area contributed by atoms with Gasteiger partial charge in [0.05, 0.1) is 7.11 Å². The van der Waals surface area contributed by atoms with E-state index in [0.717, 1.165) is 25.1 Å². The first-order valence-corrected chi connectivity index (χ1v) is 7.68. The molecular formula is C18H26NO. The van der Waals surface area contributed by atoms with Gasteiger partial charge in [-0.1, -0.05) is 44.4 Å². The van der Waals surface area contributed by atoms with Crippen LogP contribution in [0.5, 0.6) is 5.75 Å². The molecule has 0 saturated heterocycles. The minimum Gasteiger partial charge on any atom is -0.497 e. The highest BCUT2D eigenvalue weighted by Crippen LogP contribution is 2.24. The molecule has 2 rings (SSSR count). The van der Waals surface area contributed by atoms with Gasteiger partial charge in [-0.3, -0.25) is 4.90 Å². The summed E-state index contributed by atoms with van der Waals surface area (Å²) in [5, 5.41) is 0. The number of benzene rings is 1. The summed E-state index contributed by atoms with van der Waals surface area (Å²) < 4.78 is 5.21. The first-order valence-electron chi connectivity index (χ1n) is 7.68. The minimum absolute atomic E-state index is 0.928. The lowest BCUT2D eigenvalue weighted by Crippen LogP contribution is -2.29. The number of ether oxygens (including phenoxy) is 1. The lowest BCUT2D eigenvalue weighted by atomic mass is 9.99. The summed E-state index contributed by atoms with van der Waals surface area (Å²) in [6, 6.07) is 8.41. The third-order valence-electron chi connectivity index (χ3n) is 3.98. The van der Waals surface area contributed by atoms with Crippen molar-refractivity contribution < 1.29 is 4.74 Å². The molecule has 1 aliphatic heterocycles. The maximum absolute atomic E-state index is 5.21. The normalized spacial score (nSPS) is 16.0. The van der Waals surface area contributed by atoms with Crippen LogP contribution in [0.15, 0.2) is 30.3 Å². The summed E-state index contributed by atoms with van der Waals surface area (Å²) in [6.45, 7) is 7.39. The predicted molar refractivity (Wildman–Crippen MR) is 85.9 cm³/mol. The van der Waals surface area contributed by atoms with Crippen LogP contribution in [0, 0.1) is 6.92 Å². The van der Waals surface area contributed by atoms with Gasteiger partial charge in [0, 0.05) is 13.1 Å². The third-order valence-corrected chi connectivity index (χ3v) is 3.98. The van der Waals surface area contributed by atoms with E-state index in [4.69, 9.17) is 4.74 Å². The fourth-order valence-corrected chi connectivity index (χ4v) is 2.67. The van der Waals surface area contributed by atoms with Crippen molar-refractivity contribution in [2.45, 2.75) is 32.1 Å². The van der Waals surface area contributed by atoms with Crippen molar-refractivity contribution >= 4 is 5.57 Å². The Balaban J connectivity index is 1.82. The van der Waals surface area contributed by atoms with Crippen molar-refractivity contribution in [2.24, 2.45) is 0 Å². The summed E-state index contributed by atoms with van der Waals surface area (Å²) in [5.74, 6) is 0.928. The molecule has 0 unspecified atom stereocenters. The average molecular weight is 272 g/mol. The van der Waals surface area contributed by atoms with Gasteiger partial charge in [0.25, 0.3) is 0 Å². The standard InChI is InChI=1S/C18H26NO/c1-3-4-5-6-13-19-14-11-17(12-15-19)16-7-9-18(20-2)10-8-16/h7-11H,1,3-6,12-15H2,2H3. The van der Waals surface area contributed by atoms with Gasteiger partial charge in [0.2, 0.25) is 0 Å². The Morgan fingerprint density at radius 2 is 1.95 bits per heavy atom. The largest absolute Gasteiger partial charge is 0.497 e. The zero-order chi connectivity index (χ0) is 14.2. The lowest BCUT2D eigenvalue weighted by Gasteiger charge is -2.26. The van der Waals surface area contributed by atoms with Crippen LogP contribution in [0.25, 0.3) is 5.57 Å². The van der Waals surface area contributed by atoms with Gasteiger partial charge in [0.15, 0.2) is 0 Å². The summed E-state index contributed by atoms with van der Waals surface area (Å²) in [4.78, 5) is 2.55. The number of hydrogen-bond acceptors (Lipinski definition) is 2. The SMILES string of the molecule is [CH2]CCCCCN1CC=C(c2ccc(OC)cc2)CC1. The van der Waals surface area contributed by atoms with E-state index >= 15 is 0 Å². The van der Waals surface area contributed by atoms with E-state index in [1.54, 1.807) is 7.11 Å². The van der Waals surface area contributed by atoms with Crippen molar-refractivity contribution in [2.75, 3.05) is 26.7 Å². The highest BCUT2D eigenvalue weighted by molar-refractivity contribution is 5.67. The molecule has 1 radical (unpaired) electrons. The molecule has 0 aliphatic carbocycles. The molecular weight excluding hydrogens is 246 g/mol. The molecule has 0 aromatic heterocycles. The molecule has 1 aromatic rings. The first-order chi connectivity index (χ1) is 9.83. The van der Waals surface area contributed by atoms with Gasteiger partial charge < -0.3 is 4.74 Å². The van der Waals surface area contributed by atoms with E-state index in [9.17, 15) is 0 Å². The maximum Gasteiger partial charge on any atom is 0.118 e. The fraction of sp³-hybridized carbons (Fsp3) is 0.500. The molecule has 0 saturated carbocycles. The minimum atomic E-state index is 0.928. The molecule has 0 spiro atoms. The number of rotatable bonds is 7. The Bertz CT molecular complexity index is 422. The van der Waals surface area contributed by atoms with Gasteiger partial charge in [-0.2, -0.15) is 0 Å². The van der Waals surface area contributed by atoms with Crippen LogP contribution in [-0.4, -0.2) is 31.6 Å². The van der Waals surface area contributed by atoms with Gasteiger partial charge in [0.1, 0.15) is 5.75 Å². The molecule has 0 N–H and O–H groups in total. The first kappa shape index (κ1) is 15.1. The molecule has 20 heavy (non-hydrogen) atoms. The van der Waals surface area contributed by atoms with E-state index in [1.165, 1.54) is 43.5 Å². The Morgan fingerprint density at radius 1 is 1.15 bits per heavy atom. The Labute approximate surface area is 123 Å². The molecule has 1 heterocycles. The summed E-state index contributed by atoms with van der Waals surface area (Å²) in [6.07, 6.45) is 8.49. The van der Waals surface area contributed by atoms with Crippen molar-refractivity contribution in [3.63, 3.8) is 0 Å². The molecule has 0 atom stereocenters. The Morgan fingerprint density at radius 3 is 2.55 bits per heavy atom. The topological polar surface area (TPSA) is 12.5 Å². The van der Waals surface area contributed by atoms with Gasteiger partial charge in [-0.05, 0) is 42.7 Å². The smallest absolute Gasteiger partial charge is 0.118 e.